The lowest BCUT2D eigenvalue weighted by atomic mass is 9.88. The van der Waals surface area contributed by atoms with Crippen LogP contribution in [0.3, 0.4) is 0 Å². The Morgan fingerprint density at radius 1 is 0.920 bits per heavy atom. The van der Waals surface area contributed by atoms with Crippen molar-refractivity contribution in [3.05, 3.63) is 59.7 Å². The summed E-state index contributed by atoms with van der Waals surface area (Å²) >= 11 is 0. The molecule has 4 rings (SSSR count). The van der Waals surface area contributed by atoms with Crippen LogP contribution in [0.5, 0.6) is 11.5 Å². The Labute approximate surface area is 147 Å². The summed E-state index contributed by atoms with van der Waals surface area (Å²) in [6.07, 6.45) is 2.40. The number of nitrogens with zero attached hydrogens (tertiary/aromatic N) is 1. The number of para-hydroxylation sites is 2. The van der Waals surface area contributed by atoms with E-state index in [0.717, 1.165) is 42.8 Å². The average Bonchev–Trinajstić information content (AvgIpc) is 2.63. The van der Waals surface area contributed by atoms with E-state index in [4.69, 9.17) is 4.99 Å². The quantitative estimate of drug-likeness (QED) is 0.680. The first-order chi connectivity index (χ1) is 12.2. The molecule has 0 radical (unpaired) electrons. The van der Waals surface area contributed by atoms with Crippen molar-refractivity contribution in [1.82, 2.24) is 10.6 Å². The molecule has 1 atom stereocenters. The smallest absolute Gasteiger partial charge is 0.124 e. The van der Waals surface area contributed by atoms with E-state index in [1.54, 1.807) is 12.1 Å². The summed E-state index contributed by atoms with van der Waals surface area (Å²) < 4.78 is 0. The molecule has 2 aromatic carbocycles. The molecule has 0 amide bonds. The van der Waals surface area contributed by atoms with Crippen molar-refractivity contribution >= 4 is 5.71 Å². The molecule has 2 aliphatic rings. The Balaban J connectivity index is 1.77. The summed E-state index contributed by atoms with van der Waals surface area (Å²) in [6.45, 7) is 1.80. The third kappa shape index (κ3) is 3.13. The molecule has 2 heterocycles. The molecule has 1 spiro atoms. The SMILES string of the molecule is Oc1ccccc1C1=NC2(CCNCC2)N[C@@H](c2ccccc2O)C1. The van der Waals surface area contributed by atoms with Gasteiger partial charge in [-0.15, -0.1) is 0 Å². The Kier molecular flexibility index (Phi) is 4.19. The summed E-state index contributed by atoms with van der Waals surface area (Å²) in [7, 11) is 0. The Hall–Kier alpha value is -2.37. The van der Waals surface area contributed by atoms with E-state index >= 15 is 0 Å². The monoisotopic (exact) mass is 337 g/mol. The van der Waals surface area contributed by atoms with E-state index in [2.05, 4.69) is 10.6 Å². The molecular weight excluding hydrogens is 314 g/mol. The molecule has 5 nitrogen and oxygen atoms in total. The topological polar surface area (TPSA) is 76.9 Å². The molecule has 4 N–H and O–H groups in total. The van der Waals surface area contributed by atoms with Crippen LogP contribution in [0, 0.1) is 0 Å². The highest BCUT2D eigenvalue weighted by atomic mass is 16.3. The van der Waals surface area contributed by atoms with Gasteiger partial charge in [0.15, 0.2) is 0 Å². The van der Waals surface area contributed by atoms with Gasteiger partial charge >= 0.3 is 0 Å². The van der Waals surface area contributed by atoms with Crippen LogP contribution in [0.15, 0.2) is 53.5 Å². The van der Waals surface area contributed by atoms with Crippen molar-refractivity contribution < 1.29 is 10.2 Å². The number of piperidine rings is 1. The Bertz CT molecular complexity index is 797. The minimum atomic E-state index is -0.353. The standard InChI is InChI=1S/C20H23N3O2/c24-18-7-3-1-5-14(18)16-13-17(15-6-2-4-8-19(15)25)23-20(22-16)9-11-21-12-10-20/h1-8,16,21-22,24-25H,9-13H2/t16-/m1/s1. The number of hydrogen-bond donors (Lipinski definition) is 4. The number of phenols is 2. The summed E-state index contributed by atoms with van der Waals surface area (Å²) in [6, 6.07) is 14.8. The first-order valence-corrected chi connectivity index (χ1v) is 8.80. The van der Waals surface area contributed by atoms with Gasteiger partial charge in [-0.2, -0.15) is 0 Å². The average molecular weight is 337 g/mol. The number of nitrogens with one attached hydrogen (secondary N) is 2. The zero-order valence-electron chi connectivity index (χ0n) is 14.1. The molecule has 0 aromatic heterocycles. The predicted octanol–water partition coefficient (Wildman–Crippen LogP) is 2.70. The van der Waals surface area contributed by atoms with Crippen LogP contribution in [0.4, 0.5) is 0 Å². The summed E-state index contributed by atoms with van der Waals surface area (Å²) in [5.41, 5.74) is 2.20. The van der Waals surface area contributed by atoms with Gasteiger partial charge < -0.3 is 15.5 Å². The lowest BCUT2D eigenvalue weighted by Crippen LogP contribution is -2.55. The van der Waals surface area contributed by atoms with Crippen molar-refractivity contribution in [3.8, 4) is 11.5 Å². The van der Waals surface area contributed by atoms with Gasteiger partial charge in [0.1, 0.15) is 17.2 Å². The van der Waals surface area contributed by atoms with Crippen LogP contribution >= 0.6 is 0 Å². The second-order valence-corrected chi connectivity index (χ2v) is 6.82. The van der Waals surface area contributed by atoms with Crippen LogP contribution in [0.1, 0.15) is 36.4 Å². The van der Waals surface area contributed by atoms with Crippen molar-refractivity contribution in [1.29, 1.82) is 0 Å². The molecular formula is C20H23N3O2. The lowest BCUT2D eigenvalue weighted by Gasteiger charge is -2.42. The number of rotatable bonds is 2. The summed E-state index contributed by atoms with van der Waals surface area (Å²) in [5, 5.41) is 27.7. The van der Waals surface area contributed by atoms with Gasteiger partial charge in [-0.05, 0) is 44.1 Å². The third-order valence-corrected chi connectivity index (χ3v) is 5.15. The third-order valence-electron chi connectivity index (χ3n) is 5.15. The van der Waals surface area contributed by atoms with E-state index in [0.29, 0.717) is 12.2 Å². The molecule has 25 heavy (non-hydrogen) atoms. The second kappa shape index (κ2) is 6.50. The first kappa shape index (κ1) is 16.1. The number of benzene rings is 2. The molecule has 0 unspecified atom stereocenters. The zero-order valence-corrected chi connectivity index (χ0v) is 14.1. The van der Waals surface area contributed by atoms with Crippen molar-refractivity contribution in [2.24, 2.45) is 4.99 Å². The molecule has 0 saturated carbocycles. The zero-order chi connectivity index (χ0) is 17.3. The largest absolute Gasteiger partial charge is 0.508 e. The summed E-state index contributed by atoms with van der Waals surface area (Å²) in [5.74, 6) is 0.547. The lowest BCUT2D eigenvalue weighted by molar-refractivity contribution is 0.216. The Morgan fingerprint density at radius 2 is 1.60 bits per heavy atom. The van der Waals surface area contributed by atoms with E-state index in [1.165, 1.54) is 0 Å². The Morgan fingerprint density at radius 3 is 2.32 bits per heavy atom. The van der Waals surface area contributed by atoms with E-state index in [1.807, 2.05) is 36.4 Å². The maximum Gasteiger partial charge on any atom is 0.124 e. The molecule has 5 heteroatoms. The van der Waals surface area contributed by atoms with Gasteiger partial charge in [-0.3, -0.25) is 10.3 Å². The van der Waals surface area contributed by atoms with Gasteiger partial charge in [0.25, 0.3) is 0 Å². The van der Waals surface area contributed by atoms with E-state index in [9.17, 15) is 10.2 Å². The van der Waals surface area contributed by atoms with Gasteiger partial charge in [-0.1, -0.05) is 30.3 Å². The molecule has 2 aliphatic heterocycles. The van der Waals surface area contributed by atoms with Crippen molar-refractivity contribution in [2.75, 3.05) is 13.1 Å². The van der Waals surface area contributed by atoms with Crippen LogP contribution in [0.25, 0.3) is 0 Å². The van der Waals surface area contributed by atoms with Gasteiger partial charge in [0.05, 0.1) is 0 Å². The number of phenolic OH excluding ortho intramolecular Hbond substituents is 2. The van der Waals surface area contributed by atoms with Crippen LogP contribution in [0.2, 0.25) is 0 Å². The molecule has 0 bridgehead atoms. The fourth-order valence-corrected chi connectivity index (χ4v) is 3.86. The number of aromatic hydroxyl groups is 2. The number of hydrogen-bond acceptors (Lipinski definition) is 5. The highest BCUT2D eigenvalue weighted by molar-refractivity contribution is 6.03. The van der Waals surface area contributed by atoms with Gasteiger partial charge in [0.2, 0.25) is 0 Å². The van der Waals surface area contributed by atoms with Crippen LogP contribution < -0.4 is 10.6 Å². The fraction of sp³-hybridized carbons (Fsp3) is 0.350. The predicted molar refractivity (Wildman–Crippen MR) is 98.1 cm³/mol. The summed E-state index contributed by atoms with van der Waals surface area (Å²) in [4.78, 5) is 5.03. The molecule has 130 valence electrons. The molecule has 2 aromatic rings. The minimum absolute atomic E-state index is 0.0357. The number of aliphatic imine (C=N–C) groups is 1. The van der Waals surface area contributed by atoms with Gasteiger partial charge in [-0.25, -0.2) is 0 Å². The highest BCUT2D eigenvalue weighted by Crippen LogP contribution is 2.37. The van der Waals surface area contributed by atoms with E-state index < -0.39 is 0 Å². The normalized spacial score (nSPS) is 22.6. The second-order valence-electron chi connectivity index (χ2n) is 6.82. The minimum Gasteiger partial charge on any atom is -0.508 e. The highest BCUT2D eigenvalue weighted by Gasteiger charge is 2.39. The maximum absolute atomic E-state index is 10.3. The van der Waals surface area contributed by atoms with E-state index in [-0.39, 0.29) is 17.5 Å². The van der Waals surface area contributed by atoms with Gasteiger partial charge in [0, 0.05) is 29.3 Å². The molecule has 1 saturated heterocycles. The maximum atomic E-state index is 10.3. The van der Waals surface area contributed by atoms with Crippen LogP contribution in [-0.4, -0.2) is 34.7 Å². The molecule has 0 aliphatic carbocycles. The van der Waals surface area contributed by atoms with Crippen molar-refractivity contribution in [2.45, 2.75) is 31.0 Å². The fourth-order valence-electron chi connectivity index (χ4n) is 3.86. The van der Waals surface area contributed by atoms with Crippen molar-refractivity contribution in [3.63, 3.8) is 0 Å². The van der Waals surface area contributed by atoms with Crippen LogP contribution in [-0.2, 0) is 0 Å². The first-order valence-electron chi connectivity index (χ1n) is 8.80. The molecule has 1 fully saturated rings.